The van der Waals surface area contributed by atoms with Crippen LogP contribution in [0.1, 0.15) is 181 Å². The molecule has 0 saturated heterocycles. The molecule has 0 spiro atoms. The second kappa shape index (κ2) is 35.8. The van der Waals surface area contributed by atoms with Gasteiger partial charge in [-0.25, -0.2) is 9.13 Å². The molecular weight excluding hydrogens is 1270 g/mol. The summed E-state index contributed by atoms with van der Waals surface area (Å²) in [6, 6.07) is 63.9. The maximum Gasteiger partial charge on any atom is 0.216 e. The number of aromatic nitrogens is 6. The van der Waals surface area contributed by atoms with Crippen molar-refractivity contribution in [3.8, 4) is 67.5 Å². The van der Waals surface area contributed by atoms with E-state index in [2.05, 4.69) is 180 Å². The first-order valence-corrected chi connectivity index (χ1v) is 37.2. The van der Waals surface area contributed by atoms with Crippen molar-refractivity contribution in [1.29, 1.82) is 0 Å². The van der Waals surface area contributed by atoms with E-state index >= 15 is 0 Å². The number of fused-ring (bicyclic) bond motifs is 2. The van der Waals surface area contributed by atoms with Gasteiger partial charge in [0, 0.05) is 148 Å². The summed E-state index contributed by atoms with van der Waals surface area (Å²) in [6.07, 6.45) is 14.9. The Balaban J connectivity index is 0.000000162. The van der Waals surface area contributed by atoms with Crippen LogP contribution in [-0.2, 0) is 68.0 Å². The third-order valence-electron chi connectivity index (χ3n) is 21.9. The third-order valence-corrected chi connectivity index (χ3v) is 21.9. The normalized spacial score (nSPS) is 14.8. The molecule has 105 heavy (non-hydrogen) atoms. The van der Waals surface area contributed by atoms with Gasteiger partial charge < -0.3 is 0 Å². The predicted molar refractivity (Wildman–Crippen MR) is 441 cm³/mol. The standard InChI is InChI=1S/2C17H20N.2C17H22N.C16H20N.C15H18N/c1-13-7-3-6-10-16(13)17-11-14-8-4-5-9-15(14)12-18(17)2;1-13-7-3-5-9-15(13)17-16-10-6-4-8-14(16)11-12-18(17)2;1-11-9-7-8-10-16(11)17-14(4)12(2)13(3)15(5)18(17)6;1-12(2)15-10-11-17(18(5)14(15)4)16-9-7-6-8-13(16)3;1-11-8-6-7-9-15(11)16-10-12(2)13(3)14(4)17(16)5;1-11-9-10-15(16(4)13(11)3)14-8-6-5-7-12(14)2/h3,6-7,10-12H,4-5,8-9H2,1-2H3;3,5,7,9,11-12H,4,6,8,10H2,1-2H3;7-10H,1-6H3;6-12H,1-5H3;6-10H,1-5H3;5-10H,1-4H3/q6*+1/i;;3D3;1D3,12D;3D3;1D3. The Morgan fingerprint density at radius 2 is 0.733 bits per heavy atom. The topological polar surface area (TPSA) is 23.3 Å². The molecule has 6 heteroatoms. The Labute approximate surface area is 651 Å². The highest BCUT2D eigenvalue weighted by atomic mass is 15.0. The molecule has 0 N–H and O–H groups in total. The lowest BCUT2D eigenvalue weighted by Crippen LogP contribution is -2.37. The average molecular weight is 1410 g/mol. The van der Waals surface area contributed by atoms with Gasteiger partial charge in [-0.05, 0) is 244 Å². The zero-order valence-electron chi connectivity index (χ0n) is 79.4. The van der Waals surface area contributed by atoms with Crippen molar-refractivity contribution in [3.63, 3.8) is 0 Å². The molecule has 542 valence electrons. The molecule has 0 saturated carbocycles. The van der Waals surface area contributed by atoms with Crippen molar-refractivity contribution in [2.24, 2.45) is 42.3 Å². The van der Waals surface area contributed by atoms with Gasteiger partial charge in [-0.15, -0.1) is 0 Å². The van der Waals surface area contributed by atoms with E-state index in [0.717, 1.165) is 90.1 Å². The van der Waals surface area contributed by atoms with E-state index in [0.29, 0.717) is 22.3 Å². The molecule has 12 aromatic rings. The van der Waals surface area contributed by atoms with Crippen LogP contribution in [0.4, 0.5) is 0 Å². The third kappa shape index (κ3) is 18.3. The molecule has 0 bridgehead atoms. The van der Waals surface area contributed by atoms with Crippen LogP contribution in [0.3, 0.4) is 0 Å². The number of pyridine rings is 6. The molecule has 0 aliphatic heterocycles. The van der Waals surface area contributed by atoms with Crippen LogP contribution < -0.4 is 27.4 Å². The lowest BCUT2D eigenvalue weighted by Gasteiger charge is -2.17. The quantitative estimate of drug-likeness (QED) is 0.142. The van der Waals surface area contributed by atoms with Gasteiger partial charge >= 0.3 is 0 Å². The monoisotopic (exact) mass is 1410 g/mol. The van der Waals surface area contributed by atoms with Crippen molar-refractivity contribution < 1.29 is 45.2 Å². The number of benzene rings is 6. The van der Waals surface area contributed by atoms with Crippen molar-refractivity contribution in [1.82, 2.24) is 0 Å². The molecule has 0 amide bonds. The van der Waals surface area contributed by atoms with Gasteiger partial charge in [-0.2, -0.15) is 18.3 Å². The molecule has 6 aromatic heterocycles. The number of rotatable bonds is 7. The molecule has 0 fully saturated rings. The highest BCUT2D eigenvalue weighted by molar-refractivity contribution is 5.68. The summed E-state index contributed by atoms with van der Waals surface area (Å²) in [5.74, 6) is -1.63. The van der Waals surface area contributed by atoms with Gasteiger partial charge in [0.2, 0.25) is 34.2 Å². The number of nitrogens with zero attached hydrogens (tertiary/aromatic N) is 6. The van der Waals surface area contributed by atoms with Crippen molar-refractivity contribution >= 4 is 0 Å². The highest BCUT2D eigenvalue weighted by Gasteiger charge is 2.26. The predicted octanol–water partition coefficient (Wildman–Crippen LogP) is 20.9. The van der Waals surface area contributed by atoms with Gasteiger partial charge in [0.05, 0.1) is 0 Å². The molecule has 0 radical (unpaired) electrons. The fourth-order valence-electron chi connectivity index (χ4n) is 14.8. The van der Waals surface area contributed by atoms with Gasteiger partial charge in [0.15, 0.2) is 35.2 Å². The Kier molecular flexibility index (Phi) is 21.3. The summed E-state index contributed by atoms with van der Waals surface area (Å²) in [7, 11) is 12.0. The maximum atomic E-state index is 8.30. The largest absolute Gasteiger partial charge is 0.216 e. The van der Waals surface area contributed by atoms with Crippen molar-refractivity contribution in [2.75, 3.05) is 0 Å². The van der Waals surface area contributed by atoms with E-state index < -0.39 is 33.3 Å². The summed E-state index contributed by atoms with van der Waals surface area (Å²) >= 11 is 0. The van der Waals surface area contributed by atoms with Crippen LogP contribution >= 0.6 is 0 Å². The Morgan fingerprint density at radius 3 is 1.23 bits per heavy atom. The van der Waals surface area contributed by atoms with Gasteiger partial charge in [-0.3, -0.25) is 0 Å². The zero-order valence-corrected chi connectivity index (χ0v) is 66.4. The van der Waals surface area contributed by atoms with Crippen LogP contribution in [0, 0.1) is 111 Å². The molecule has 1 unspecified atom stereocenters. The van der Waals surface area contributed by atoms with Gasteiger partial charge in [-0.1, -0.05) is 123 Å². The van der Waals surface area contributed by atoms with E-state index in [1.165, 1.54) is 109 Å². The van der Waals surface area contributed by atoms with E-state index in [9.17, 15) is 0 Å². The first-order valence-electron chi connectivity index (χ1n) is 43.7. The summed E-state index contributed by atoms with van der Waals surface area (Å²) < 4.78 is 113. The van der Waals surface area contributed by atoms with Crippen molar-refractivity contribution in [3.05, 3.63) is 318 Å². The number of aryl methyl sites for hydroxylation is 13. The number of hydrogen-bond donors (Lipinski definition) is 0. The minimum Gasteiger partial charge on any atom is -0.201 e. The van der Waals surface area contributed by atoms with Gasteiger partial charge in [0.1, 0.15) is 42.3 Å². The fourth-order valence-corrected chi connectivity index (χ4v) is 14.8. The van der Waals surface area contributed by atoms with E-state index in [4.69, 9.17) is 17.8 Å². The van der Waals surface area contributed by atoms with E-state index in [1.807, 2.05) is 168 Å². The molecule has 14 rings (SSSR count). The highest BCUT2D eigenvalue weighted by Crippen LogP contribution is 2.33. The van der Waals surface area contributed by atoms with Crippen LogP contribution in [-0.4, -0.2) is 0 Å². The summed E-state index contributed by atoms with van der Waals surface area (Å²) in [6.45, 7) is 18.8. The van der Waals surface area contributed by atoms with Gasteiger partial charge in [0.25, 0.3) is 0 Å². The van der Waals surface area contributed by atoms with Crippen LogP contribution in [0.5, 0.6) is 0 Å². The molecule has 2 aliphatic rings. The molecule has 6 aromatic carbocycles. The Hall–Kier alpha value is -9.78. The summed E-state index contributed by atoms with van der Waals surface area (Å²) in [5.41, 5.74) is 35.6. The lowest BCUT2D eigenvalue weighted by atomic mass is 9.88. The molecule has 1 atom stereocenters. The molecule has 6 nitrogen and oxygen atoms in total. The number of hydrogen-bond acceptors (Lipinski definition) is 0. The van der Waals surface area contributed by atoms with Crippen molar-refractivity contribution in [2.45, 2.75) is 182 Å². The summed E-state index contributed by atoms with van der Waals surface area (Å²) in [5, 5.41) is 0. The second-order valence-corrected chi connectivity index (χ2v) is 28.9. The molecule has 6 heterocycles. The molecule has 2 aliphatic carbocycles. The Bertz CT molecular complexity index is 5600. The average Bonchev–Trinajstić information content (AvgIpc) is 0.768. The van der Waals surface area contributed by atoms with E-state index in [-0.39, 0.29) is 0 Å². The fraction of sp³-hybridized carbons (Fsp3) is 0.333. The van der Waals surface area contributed by atoms with Crippen LogP contribution in [0.2, 0.25) is 0 Å². The lowest BCUT2D eigenvalue weighted by molar-refractivity contribution is -0.667. The van der Waals surface area contributed by atoms with Crippen LogP contribution in [0.15, 0.2) is 200 Å². The van der Waals surface area contributed by atoms with E-state index in [1.54, 1.807) is 34.4 Å². The maximum absolute atomic E-state index is 8.30. The SMILES string of the molecule is Cc1ccccc1-c1c2c(cc[n+]1C)CCCC2.Cc1ccccc1-c1cc2c(c[n+]1C)CCCC2.[2H]C([2H])([2H])C([2H])(C)c1ccc(-c2ccccc2C)[n+](C)c1C.[2H]C([2H])([2H])c1c(C)c(C)c(-c2ccccc2C)[n+](C)c1C.[2H]C([2H])([2H])c1c(C)cc(-c2ccccc2C)[n+](C)c1C.[2H]C([2H])([2H])c1ccc(-c2ccccc2C)[n+](C)c1C. The first-order chi connectivity index (χ1) is 55.3. The molecular formula is C99H122N6+6. The second-order valence-electron chi connectivity index (χ2n) is 28.9. The zero-order chi connectivity index (χ0) is 87.0. The first kappa shape index (κ1) is 62.6. The minimum absolute atomic E-state index is 0.410. The Morgan fingerprint density at radius 1 is 0.314 bits per heavy atom. The summed E-state index contributed by atoms with van der Waals surface area (Å²) in [4.78, 5) is 0. The smallest absolute Gasteiger partial charge is 0.201 e. The minimum atomic E-state index is -2.37. The van der Waals surface area contributed by atoms with Crippen LogP contribution in [0.25, 0.3) is 67.5 Å².